The minimum absolute atomic E-state index is 0.0718. The average Bonchev–Trinajstić information content (AvgIpc) is 2.35. The van der Waals surface area contributed by atoms with Crippen LogP contribution in [0.1, 0.15) is 40.5 Å². The summed E-state index contributed by atoms with van der Waals surface area (Å²) < 4.78 is 0. The van der Waals surface area contributed by atoms with Gasteiger partial charge in [0.25, 0.3) is 0 Å². The van der Waals surface area contributed by atoms with Crippen molar-refractivity contribution >= 4 is 17.7 Å². The third-order valence-electron chi connectivity index (χ3n) is 2.81. The van der Waals surface area contributed by atoms with Crippen molar-refractivity contribution in [2.45, 2.75) is 46.6 Å². The van der Waals surface area contributed by atoms with Gasteiger partial charge >= 0.3 is 11.9 Å². The SMILES string of the molecule is CCC(C)C(=O)C(=O)O.CCC(C)[C@@H](N)C(=O)O. The molecular weight excluding hydrogens is 238 g/mol. The number of carbonyl (C=O) groups is 3. The molecule has 0 fully saturated rings. The van der Waals surface area contributed by atoms with Gasteiger partial charge in [-0.3, -0.25) is 9.59 Å². The molecule has 0 saturated carbocycles. The zero-order valence-electron chi connectivity index (χ0n) is 11.3. The maximum atomic E-state index is 10.5. The van der Waals surface area contributed by atoms with Crippen molar-refractivity contribution in [1.82, 2.24) is 0 Å². The molecule has 6 heteroatoms. The van der Waals surface area contributed by atoms with Gasteiger partial charge in [-0.05, 0) is 12.3 Å². The van der Waals surface area contributed by atoms with Gasteiger partial charge in [-0.2, -0.15) is 0 Å². The van der Waals surface area contributed by atoms with E-state index in [1.54, 1.807) is 13.8 Å². The monoisotopic (exact) mass is 261 g/mol. The first-order valence-electron chi connectivity index (χ1n) is 5.94. The van der Waals surface area contributed by atoms with Gasteiger partial charge in [0.1, 0.15) is 6.04 Å². The van der Waals surface area contributed by atoms with Crippen LogP contribution < -0.4 is 5.73 Å². The Kier molecular flexibility index (Phi) is 10.1. The van der Waals surface area contributed by atoms with Gasteiger partial charge in [-0.25, -0.2) is 4.79 Å². The zero-order valence-corrected chi connectivity index (χ0v) is 11.3. The van der Waals surface area contributed by atoms with Crippen LogP contribution in [0.15, 0.2) is 0 Å². The highest BCUT2D eigenvalue weighted by Crippen LogP contribution is 2.04. The van der Waals surface area contributed by atoms with Gasteiger partial charge in [0.15, 0.2) is 0 Å². The molecule has 0 amide bonds. The molecule has 0 aromatic carbocycles. The highest BCUT2D eigenvalue weighted by Gasteiger charge is 2.18. The fourth-order valence-corrected chi connectivity index (χ4v) is 0.894. The molecule has 2 unspecified atom stereocenters. The molecule has 6 nitrogen and oxygen atoms in total. The smallest absolute Gasteiger partial charge is 0.372 e. The number of ketones is 1. The first kappa shape index (κ1) is 18.9. The van der Waals surface area contributed by atoms with Crippen LogP contribution in [0.25, 0.3) is 0 Å². The first-order valence-corrected chi connectivity index (χ1v) is 5.94. The Balaban J connectivity index is 0. The van der Waals surface area contributed by atoms with E-state index in [-0.39, 0.29) is 11.8 Å². The predicted molar refractivity (Wildman–Crippen MR) is 67.2 cm³/mol. The van der Waals surface area contributed by atoms with Crippen molar-refractivity contribution in [2.75, 3.05) is 0 Å². The number of hydrogen-bond donors (Lipinski definition) is 3. The lowest BCUT2D eigenvalue weighted by molar-refractivity contribution is -0.150. The molecule has 106 valence electrons. The Morgan fingerprint density at radius 3 is 1.61 bits per heavy atom. The molecule has 0 rings (SSSR count). The third-order valence-corrected chi connectivity index (χ3v) is 2.81. The molecule has 0 radical (unpaired) electrons. The van der Waals surface area contributed by atoms with E-state index in [0.29, 0.717) is 6.42 Å². The second-order valence-corrected chi connectivity index (χ2v) is 4.23. The van der Waals surface area contributed by atoms with Crippen molar-refractivity contribution < 1.29 is 24.6 Å². The topological polar surface area (TPSA) is 118 Å². The summed E-state index contributed by atoms with van der Waals surface area (Å²) in [4.78, 5) is 30.6. The number of aliphatic carboxylic acids is 2. The molecule has 0 bridgehead atoms. The first-order chi connectivity index (χ1) is 8.18. The maximum absolute atomic E-state index is 10.5. The van der Waals surface area contributed by atoms with Crippen LogP contribution in [0.5, 0.6) is 0 Å². The van der Waals surface area contributed by atoms with E-state index in [0.717, 1.165) is 6.42 Å². The molecule has 0 heterocycles. The van der Waals surface area contributed by atoms with Crippen LogP contribution in [0.2, 0.25) is 0 Å². The van der Waals surface area contributed by atoms with E-state index in [4.69, 9.17) is 15.9 Å². The largest absolute Gasteiger partial charge is 0.480 e. The Morgan fingerprint density at radius 1 is 1.06 bits per heavy atom. The molecule has 0 aliphatic heterocycles. The fourth-order valence-electron chi connectivity index (χ4n) is 0.894. The lowest BCUT2D eigenvalue weighted by Gasteiger charge is -2.11. The zero-order chi connectivity index (χ0) is 14.9. The van der Waals surface area contributed by atoms with Crippen molar-refractivity contribution in [1.29, 1.82) is 0 Å². The summed E-state index contributed by atoms with van der Waals surface area (Å²) >= 11 is 0. The van der Waals surface area contributed by atoms with Gasteiger partial charge < -0.3 is 15.9 Å². The molecule has 0 aliphatic rings. The van der Waals surface area contributed by atoms with Crippen molar-refractivity contribution in [2.24, 2.45) is 17.6 Å². The van der Waals surface area contributed by atoms with E-state index in [2.05, 4.69) is 0 Å². The van der Waals surface area contributed by atoms with E-state index >= 15 is 0 Å². The Morgan fingerprint density at radius 2 is 1.50 bits per heavy atom. The number of carbonyl (C=O) groups excluding carboxylic acids is 1. The van der Waals surface area contributed by atoms with Crippen molar-refractivity contribution in [3.05, 3.63) is 0 Å². The normalized spacial score (nSPS) is 14.7. The highest BCUT2D eigenvalue weighted by atomic mass is 16.4. The quantitative estimate of drug-likeness (QED) is 0.617. The van der Waals surface area contributed by atoms with E-state index in [1.807, 2.05) is 13.8 Å². The van der Waals surface area contributed by atoms with E-state index < -0.39 is 23.8 Å². The summed E-state index contributed by atoms with van der Waals surface area (Å²) in [5.41, 5.74) is 5.27. The molecular formula is C12H23NO5. The minimum Gasteiger partial charge on any atom is -0.480 e. The lowest BCUT2D eigenvalue weighted by atomic mass is 10.0. The molecule has 0 aromatic heterocycles. The molecule has 18 heavy (non-hydrogen) atoms. The Labute approximate surface area is 107 Å². The van der Waals surface area contributed by atoms with Crippen LogP contribution in [-0.2, 0) is 14.4 Å². The molecule has 0 spiro atoms. The Bertz CT molecular complexity index is 290. The maximum Gasteiger partial charge on any atom is 0.372 e. The number of carboxylic acids is 2. The molecule has 0 saturated heterocycles. The van der Waals surface area contributed by atoms with Crippen LogP contribution >= 0.6 is 0 Å². The van der Waals surface area contributed by atoms with Gasteiger partial charge in [0.05, 0.1) is 0 Å². The van der Waals surface area contributed by atoms with Gasteiger partial charge in [0.2, 0.25) is 5.78 Å². The fraction of sp³-hybridized carbons (Fsp3) is 0.750. The van der Waals surface area contributed by atoms with Crippen LogP contribution in [0.4, 0.5) is 0 Å². The average molecular weight is 261 g/mol. The van der Waals surface area contributed by atoms with Crippen LogP contribution in [0.3, 0.4) is 0 Å². The summed E-state index contributed by atoms with van der Waals surface area (Å²) in [6, 6.07) is -0.699. The van der Waals surface area contributed by atoms with E-state index in [9.17, 15) is 14.4 Å². The molecule has 0 aromatic rings. The lowest BCUT2D eigenvalue weighted by Crippen LogP contribution is -2.36. The highest BCUT2D eigenvalue weighted by molar-refractivity contribution is 6.33. The summed E-state index contributed by atoms with van der Waals surface area (Å²) in [5, 5.41) is 16.5. The Hall–Kier alpha value is -1.43. The van der Waals surface area contributed by atoms with E-state index in [1.165, 1.54) is 0 Å². The number of hydrogen-bond acceptors (Lipinski definition) is 4. The van der Waals surface area contributed by atoms with Gasteiger partial charge in [0, 0.05) is 5.92 Å². The molecule has 0 aliphatic carbocycles. The number of Topliss-reactive ketones (excluding diaryl/α,β-unsaturated/α-hetero) is 1. The van der Waals surface area contributed by atoms with Crippen molar-refractivity contribution in [3.63, 3.8) is 0 Å². The molecule has 3 atom stereocenters. The summed E-state index contributed by atoms with van der Waals surface area (Å²) in [6.45, 7) is 7.15. The predicted octanol–water partition coefficient (Wildman–Crippen LogP) is 1.13. The van der Waals surface area contributed by atoms with Crippen molar-refractivity contribution in [3.8, 4) is 0 Å². The van der Waals surface area contributed by atoms with Gasteiger partial charge in [-0.1, -0.05) is 34.1 Å². The number of carboxylic acid groups (broad SMARTS) is 2. The summed E-state index contributed by atoms with van der Waals surface area (Å²) in [5.74, 6) is -3.21. The second kappa shape index (κ2) is 9.58. The standard InChI is InChI=1S/C6H13NO2.C6H10O3/c2*1-3-4(2)5(7)6(8)9/h4-5H,3,7H2,1-2H3,(H,8,9);4H,3H2,1-2H3,(H,8,9)/t4?,5-;/m1./s1. The molecule has 4 N–H and O–H groups in total. The summed E-state index contributed by atoms with van der Waals surface area (Å²) in [7, 11) is 0. The van der Waals surface area contributed by atoms with Crippen LogP contribution in [0, 0.1) is 11.8 Å². The second-order valence-electron chi connectivity index (χ2n) is 4.23. The number of rotatable bonds is 6. The minimum atomic E-state index is -1.33. The van der Waals surface area contributed by atoms with Crippen LogP contribution in [-0.4, -0.2) is 34.0 Å². The van der Waals surface area contributed by atoms with Gasteiger partial charge in [-0.15, -0.1) is 0 Å². The third kappa shape index (κ3) is 7.78. The summed E-state index contributed by atoms with van der Waals surface area (Å²) in [6.07, 6.45) is 1.40. The number of nitrogens with two attached hydrogens (primary N) is 1.